The maximum Gasteiger partial charge on any atom is 0.193 e. The third kappa shape index (κ3) is 6.57. The summed E-state index contributed by atoms with van der Waals surface area (Å²) in [6.45, 7) is 9.15. The minimum atomic E-state index is 0.485. The van der Waals surface area contributed by atoms with Crippen LogP contribution in [0.4, 0.5) is 5.69 Å². The molecule has 0 saturated carbocycles. The number of unbranched alkanes of at least 4 members (excludes halogenated alkanes) is 1. The Hall–Kier alpha value is -1.55. The molecule has 0 radical (unpaired) electrons. The van der Waals surface area contributed by atoms with Crippen LogP contribution in [0.3, 0.4) is 0 Å². The molecule has 4 heteroatoms. The van der Waals surface area contributed by atoms with Gasteiger partial charge in [-0.25, -0.2) is 0 Å². The molecule has 0 heterocycles. The van der Waals surface area contributed by atoms with Gasteiger partial charge in [0.1, 0.15) is 0 Å². The van der Waals surface area contributed by atoms with Crippen molar-refractivity contribution >= 4 is 11.6 Å². The molecule has 1 rings (SSSR count). The van der Waals surface area contributed by atoms with E-state index in [0.717, 1.165) is 25.3 Å². The monoisotopic (exact) mass is 276 g/mol. The van der Waals surface area contributed by atoms with Crippen molar-refractivity contribution in [3.05, 3.63) is 29.3 Å². The number of hydrogen-bond acceptors (Lipinski definition) is 2. The highest BCUT2D eigenvalue weighted by atomic mass is 15.1. The Balaban J connectivity index is 2.41. The molecular formula is C16H28N4. The zero-order chi connectivity index (χ0) is 15.0. The number of rotatable bonds is 7. The molecular weight excluding hydrogens is 248 g/mol. The van der Waals surface area contributed by atoms with Gasteiger partial charge in [-0.15, -0.1) is 0 Å². The lowest BCUT2D eigenvalue weighted by atomic mass is 10.1. The second kappa shape index (κ2) is 8.59. The number of anilines is 1. The molecule has 112 valence electrons. The molecule has 20 heavy (non-hydrogen) atoms. The van der Waals surface area contributed by atoms with Gasteiger partial charge in [-0.1, -0.05) is 19.4 Å². The average molecular weight is 276 g/mol. The van der Waals surface area contributed by atoms with Gasteiger partial charge in [0.15, 0.2) is 5.96 Å². The summed E-state index contributed by atoms with van der Waals surface area (Å²) in [5, 5.41) is 3.15. The number of guanidine groups is 1. The van der Waals surface area contributed by atoms with Crippen molar-refractivity contribution in [3.63, 3.8) is 0 Å². The van der Waals surface area contributed by atoms with E-state index in [2.05, 4.69) is 61.2 Å². The molecule has 0 unspecified atom stereocenters. The molecule has 0 aromatic heterocycles. The second-order valence-corrected chi connectivity index (χ2v) is 5.43. The van der Waals surface area contributed by atoms with Gasteiger partial charge in [0.25, 0.3) is 0 Å². The lowest BCUT2D eigenvalue weighted by molar-refractivity contribution is 0.337. The summed E-state index contributed by atoms with van der Waals surface area (Å²) in [5.74, 6) is 0.485. The van der Waals surface area contributed by atoms with Crippen LogP contribution in [0.25, 0.3) is 0 Å². The zero-order valence-corrected chi connectivity index (χ0v) is 13.2. The van der Waals surface area contributed by atoms with Crippen molar-refractivity contribution in [3.8, 4) is 0 Å². The minimum Gasteiger partial charge on any atom is -0.370 e. The fourth-order valence-corrected chi connectivity index (χ4v) is 2.12. The zero-order valence-electron chi connectivity index (χ0n) is 13.2. The van der Waals surface area contributed by atoms with Crippen LogP contribution in [0.1, 0.15) is 30.9 Å². The van der Waals surface area contributed by atoms with Crippen LogP contribution < -0.4 is 11.1 Å². The fourth-order valence-electron chi connectivity index (χ4n) is 2.12. The molecule has 4 nitrogen and oxygen atoms in total. The number of nitrogens with one attached hydrogen (secondary N) is 1. The lowest BCUT2D eigenvalue weighted by Crippen LogP contribution is -2.26. The number of benzene rings is 1. The van der Waals surface area contributed by atoms with Crippen LogP contribution in [0.2, 0.25) is 0 Å². The molecule has 1 aromatic rings. The Morgan fingerprint density at radius 1 is 1.20 bits per heavy atom. The molecule has 0 fully saturated rings. The molecule has 0 aliphatic rings. The van der Waals surface area contributed by atoms with Gasteiger partial charge in [0.2, 0.25) is 0 Å². The molecule has 0 spiro atoms. The van der Waals surface area contributed by atoms with Crippen molar-refractivity contribution in [1.29, 1.82) is 0 Å². The highest BCUT2D eigenvalue weighted by Crippen LogP contribution is 2.13. The van der Waals surface area contributed by atoms with E-state index in [1.807, 2.05) is 0 Å². The number of hydrogen-bond donors (Lipinski definition) is 2. The quantitative estimate of drug-likeness (QED) is 0.595. The number of likely N-dealkylation sites (N-methyl/N-ethyl adjacent to an activating group) is 1. The highest BCUT2D eigenvalue weighted by Gasteiger charge is 1.99. The molecule has 0 aliphatic heterocycles. The Kier molecular flexibility index (Phi) is 7.09. The van der Waals surface area contributed by atoms with Crippen LogP contribution in [0.5, 0.6) is 0 Å². The van der Waals surface area contributed by atoms with E-state index in [1.165, 1.54) is 24.0 Å². The van der Waals surface area contributed by atoms with Crippen molar-refractivity contribution in [2.45, 2.75) is 33.6 Å². The lowest BCUT2D eigenvalue weighted by Gasteiger charge is -2.14. The molecule has 3 N–H and O–H groups in total. The molecule has 0 saturated heterocycles. The third-order valence-corrected chi connectivity index (χ3v) is 3.15. The van der Waals surface area contributed by atoms with Gasteiger partial charge in [-0.3, -0.25) is 4.99 Å². The maximum atomic E-state index is 5.91. The molecule has 1 aromatic carbocycles. The van der Waals surface area contributed by atoms with Gasteiger partial charge < -0.3 is 16.0 Å². The van der Waals surface area contributed by atoms with Gasteiger partial charge in [0, 0.05) is 12.2 Å². The molecule has 0 amide bonds. The summed E-state index contributed by atoms with van der Waals surface area (Å²) in [6.07, 6.45) is 2.46. The van der Waals surface area contributed by atoms with E-state index in [9.17, 15) is 0 Å². The Labute approximate surface area is 123 Å². The SMILES string of the molecule is CCCCN(C)CCN=C(N)Nc1cc(C)cc(C)c1. The first kappa shape index (κ1) is 16.5. The standard InChI is InChI=1S/C16H28N4/c1-5-6-8-20(4)9-7-18-16(17)19-15-11-13(2)10-14(3)12-15/h10-12H,5-9H2,1-4H3,(H3,17,18,19). The van der Waals surface area contributed by atoms with Crippen molar-refractivity contribution in [1.82, 2.24) is 4.90 Å². The van der Waals surface area contributed by atoms with Gasteiger partial charge >= 0.3 is 0 Å². The Bertz CT molecular complexity index is 420. The second-order valence-electron chi connectivity index (χ2n) is 5.43. The third-order valence-electron chi connectivity index (χ3n) is 3.15. The van der Waals surface area contributed by atoms with Crippen molar-refractivity contribution < 1.29 is 0 Å². The van der Waals surface area contributed by atoms with Gasteiger partial charge in [-0.2, -0.15) is 0 Å². The number of nitrogens with zero attached hydrogens (tertiary/aromatic N) is 2. The minimum absolute atomic E-state index is 0.485. The van der Waals surface area contributed by atoms with Crippen LogP contribution in [0, 0.1) is 13.8 Å². The van der Waals surface area contributed by atoms with E-state index in [4.69, 9.17) is 5.73 Å². The van der Waals surface area contributed by atoms with Crippen LogP contribution >= 0.6 is 0 Å². The summed E-state index contributed by atoms with van der Waals surface area (Å²) < 4.78 is 0. The first-order chi connectivity index (χ1) is 9.51. The van der Waals surface area contributed by atoms with E-state index in [1.54, 1.807) is 0 Å². The molecule has 0 aliphatic carbocycles. The number of nitrogens with two attached hydrogens (primary N) is 1. The van der Waals surface area contributed by atoms with E-state index in [0.29, 0.717) is 5.96 Å². The summed E-state index contributed by atoms with van der Waals surface area (Å²) in [6, 6.07) is 6.28. The van der Waals surface area contributed by atoms with Crippen molar-refractivity contribution in [2.75, 3.05) is 32.0 Å². The van der Waals surface area contributed by atoms with E-state index < -0.39 is 0 Å². The molecule has 0 atom stereocenters. The van der Waals surface area contributed by atoms with E-state index >= 15 is 0 Å². The van der Waals surface area contributed by atoms with Gasteiger partial charge in [-0.05, 0) is 57.1 Å². The fraction of sp³-hybridized carbons (Fsp3) is 0.562. The van der Waals surface area contributed by atoms with Crippen molar-refractivity contribution in [2.24, 2.45) is 10.7 Å². The average Bonchev–Trinajstić information content (AvgIpc) is 2.35. The predicted molar refractivity (Wildman–Crippen MR) is 88.4 cm³/mol. The highest BCUT2D eigenvalue weighted by molar-refractivity contribution is 5.92. The van der Waals surface area contributed by atoms with Crippen LogP contribution in [0.15, 0.2) is 23.2 Å². The molecule has 0 bridgehead atoms. The summed E-state index contributed by atoms with van der Waals surface area (Å²) >= 11 is 0. The predicted octanol–water partition coefficient (Wildman–Crippen LogP) is 2.76. The smallest absolute Gasteiger partial charge is 0.193 e. The first-order valence-electron chi connectivity index (χ1n) is 7.35. The topological polar surface area (TPSA) is 53.6 Å². The summed E-state index contributed by atoms with van der Waals surface area (Å²) in [7, 11) is 2.12. The normalized spacial score (nSPS) is 11.9. The number of aryl methyl sites for hydroxylation is 2. The van der Waals surface area contributed by atoms with Gasteiger partial charge in [0.05, 0.1) is 6.54 Å². The Morgan fingerprint density at radius 2 is 1.85 bits per heavy atom. The number of aliphatic imine (C=N–C) groups is 1. The van der Waals surface area contributed by atoms with Crippen LogP contribution in [-0.2, 0) is 0 Å². The summed E-state index contributed by atoms with van der Waals surface area (Å²) in [4.78, 5) is 6.66. The Morgan fingerprint density at radius 3 is 2.45 bits per heavy atom. The van der Waals surface area contributed by atoms with E-state index in [-0.39, 0.29) is 0 Å². The largest absolute Gasteiger partial charge is 0.370 e. The first-order valence-corrected chi connectivity index (χ1v) is 7.35. The maximum absolute atomic E-state index is 5.91. The summed E-state index contributed by atoms with van der Waals surface area (Å²) in [5.41, 5.74) is 9.36. The van der Waals surface area contributed by atoms with Crippen LogP contribution in [-0.4, -0.2) is 37.5 Å².